The van der Waals surface area contributed by atoms with Crippen molar-refractivity contribution < 1.29 is 9.53 Å². The van der Waals surface area contributed by atoms with E-state index in [1.54, 1.807) is 6.07 Å². The highest BCUT2D eigenvalue weighted by Crippen LogP contribution is 2.20. The smallest absolute Gasteiger partial charge is 0.270 e. The standard InChI is InChI=1S/C18H28N4O2/c1-13-20-16(18(23)19-12-15-9-6-10-24-15)11-17(21-13)22-14-7-4-2-3-5-8-14/h11,14-15H,2-10,12H2,1H3,(H,19,23)(H,20,21,22). The number of nitrogens with zero attached hydrogens (tertiary/aromatic N) is 2. The summed E-state index contributed by atoms with van der Waals surface area (Å²) in [5.41, 5.74) is 0.427. The Morgan fingerprint density at radius 2 is 1.96 bits per heavy atom. The zero-order chi connectivity index (χ0) is 16.8. The molecule has 1 atom stereocenters. The minimum Gasteiger partial charge on any atom is -0.376 e. The van der Waals surface area contributed by atoms with Crippen LogP contribution in [-0.2, 0) is 4.74 Å². The van der Waals surface area contributed by atoms with Crippen molar-refractivity contribution in [3.05, 3.63) is 17.6 Å². The Morgan fingerprint density at radius 1 is 1.17 bits per heavy atom. The number of rotatable bonds is 5. The molecule has 0 spiro atoms. The maximum Gasteiger partial charge on any atom is 0.270 e. The second-order valence-corrected chi connectivity index (χ2v) is 6.86. The lowest BCUT2D eigenvalue weighted by Crippen LogP contribution is -2.32. The number of amides is 1. The van der Waals surface area contributed by atoms with Crippen LogP contribution in [0.3, 0.4) is 0 Å². The van der Waals surface area contributed by atoms with E-state index in [4.69, 9.17) is 4.74 Å². The predicted molar refractivity (Wildman–Crippen MR) is 93.2 cm³/mol. The molecule has 6 heteroatoms. The summed E-state index contributed by atoms with van der Waals surface area (Å²) in [7, 11) is 0. The average Bonchev–Trinajstić information content (AvgIpc) is 2.96. The van der Waals surface area contributed by atoms with E-state index in [-0.39, 0.29) is 12.0 Å². The van der Waals surface area contributed by atoms with E-state index >= 15 is 0 Å². The summed E-state index contributed by atoms with van der Waals surface area (Å²) < 4.78 is 5.54. The molecule has 24 heavy (non-hydrogen) atoms. The Morgan fingerprint density at radius 3 is 2.67 bits per heavy atom. The molecule has 1 unspecified atom stereocenters. The van der Waals surface area contributed by atoms with Gasteiger partial charge >= 0.3 is 0 Å². The van der Waals surface area contributed by atoms with E-state index in [0.717, 1.165) is 25.3 Å². The third kappa shape index (κ3) is 4.90. The maximum absolute atomic E-state index is 12.4. The molecular formula is C18H28N4O2. The number of hydrogen-bond donors (Lipinski definition) is 2. The Hall–Kier alpha value is -1.69. The topological polar surface area (TPSA) is 76.1 Å². The van der Waals surface area contributed by atoms with Gasteiger partial charge in [0.05, 0.1) is 6.10 Å². The molecule has 0 radical (unpaired) electrons. The first kappa shape index (κ1) is 17.1. The summed E-state index contributed by atoms with van der Waals surface area (Å²) in [5, 5.41) is 6.43. The van der Waals surface area contributed by atoms with Gasteiger partial charge in [-0.3, -0.25) is 4.79 Å². The summed E-state index contributed by atoms with van der Waals surface area (Å²) in [6.45, 7) is 3.17. The zero-order valence-electron chi connectivity index (χ0n) is 14.5. The molecule has 2 heterocycles. The first-order valence-electron chi connectivity index (χ1n) is 9.23. The van der Waals surface area contributed by atoms with Gasteiger partial charge in [0, 0.05) is 25.3 Å². The van der Waals surface area contributed by atoms with Crippen LogP contribution in [0.25, 0.3) is 0 Å². The molecule has 1 aliphatic carbocycles. The van der Waals surface area contributed by atoms with Crippen LogP contribution < -0.4 is 10.6 Å². The van der Waals surface area contributed by atoms with Crippen molar-refractivity contribution in [1.82, 2.24) is 15.3 Å². The van der Waals surface area contributed by atoms with Crippen molar-refractivity contribution in [3.8, 4) is 0 Å². The fraction of sp³-hybridized carbons (Fsp3) is 0.722. The first-order valence-corrected chi connectivity index (χ1v) is 9.23. The summed E-state index contributed by atoms with van der Waals surface area (Å²) in [6, 6.07) is 2.22. The van der Waals surface area contributed by atoms with Gasteiger partial charge < -0.3 is 15.4 Å². The Kier molecular flexibility index (Phi) is 6.01. The number of carbonyl (C=O) groups is 1. The van der Waals surface area contributed by atoms with Crippen molar-refractivity contribution in [2.75, 3.05) is 18.5 Å². The summed E-state index contributed by atoms with van der Waals surface area (Å²) in [4.78, 5) is 21.1. The molecule has 2 N–H and O–H groups in total. The lowest BCUT2D eigenvalue weighted by atomic mass is 10.1. The molecular weight excluding hydrogens is 304 g/mol. The van der Waals surface area contributed by atoms with Crippen molar-refractivity contribution in [3.63, 3.8) is 0 Å². The van der Waals surface area contributed by atoms with Crippen LogP contribution in [0.1, 0.15) is 67.7 Å². The third-order valence-corrected chi connectivity index (χ3v) is 4.79. The number of nitrogens with one attached hydrogen (secondary N) is 2. The molecule has 1 aliphatic heterocycles. The van der Waals surface area contributed by atoms with Gasteiger partial charge in [-0.2, -0.15) is 0 Å². The van der Waals surface area contributed by atoms with Gasteiger partial charge in [0.1, 0.15) is 17.3 Å². The van der Waals surface area contributed by atoms with Crippen LogP contribution in [-0.4, -0.2) is 41.2 Å². The fourth-order valence-electron chi connectivity index (χ4n) is 3.49. The van der Waals surface area contributed by atoms with Gasteiger partial charge in [-0.05, 0) is 32.6 Å². The van der Waals surface area contributed by atoms with Crippen LogP contribution in [0.4, 0.5) is 5.82 Å². The molecule has 1 amide bonds. The van der Waals surface area contributed by atoms with Gasteiger partial charge in [-0.25, -0.2) is 9.97 Å². The Labute approximate surface area is 143 Å². The molecule has 1 aromatic rings. The number of carbonyl (C=O) groups excluding carboxylic acids is 1. The summed E-state index contributed by atoms with van der Waals surface area (Å²) in [6.07, 6.45) is 9.72. The fourth-order valence-corrected chi connectivity index (χ4v) is 3.49. The van der Waals surface area contributed by atoms with E-state index < -0.39 is 0 Å². The second-order valence-electron chi connectivity index (χ2n) is 6.86. The van der Waals surface area contributed by atoms with Gasteiger partial charge in [0.15, 0.2) is 0 Å². The van der Waals surface area contributed by atoms with Crippen LogP contribution >= 0.6 is 0 Å². The molecule has 2 aliphatic rings. The van der Waals surface area contributed by atoms with Crippen LogP contribution in [0.2, 0.25) is 0 Å². The molecule has 1 aromatic heterocycles. The van der Waals surface area contributed by atoms with Crippen molar-refractivity contribution in [1.29, 1.82) is 0 Å². The summed E-state index contributed by atoms with van der Waals surface area (Å²) in [5.74, 6) is 1.23. The minimum atomic E-state index is -0.153. The number of hydrogen-bond acceptors (Lipinski definition) is 5. The van der Waals surface area contributed by atoms with E-state index in [2.05, 4.69) is 20.6 Å². The normalized spacial score (nSPS) is 22.1. The molecule has 132 valence electrons. The van der Waals surface area contributed by atoms with Crippen molar-refractivity contribution in [2.24, 2.45) is 0 Å². The van der Waals surface area contributed by atoms with E-state index in [1.807, 2.05) is 6.92 Å². The van der Waals surface area contributed by atoms with Gasteiger partial charge in [-0.15, -0.1) is 0 Å². The first-order chi connectivity index (χ1) is 11.7. The van der Waals surface area contributed by atoms with E-state index in [0.29, 0.717) is 24.1 Å². The number of aryl methyl sites for hydroxylation is 1. The largest absolute Gasteiger partial charge is 0.376 e. The van der Waals surface area contributed by atoms with Gasteiger partial charge in [0.2, 0.25) is 0 Å². The Bertz CT molecular complexity index is 550. The van der Waals surface area contributed by atoms with Crippen molar-refractivity contribution >= 4 is 11.7 Å². The molecule has 1 saturated carbocycles. The number of aromatic nitrogens is 2. The molecule has 3 rings (SSSR count). The molecule has 6 nitrogen and oxygen atoms in total. The lowest BCUT2D eigenvalue weighted by Gasteiger charge is -2.17. The second kappa shape index (κ2) is 8.42. The van der Waals surface area contributed by atoms with E-state index in [9.17, 15) is 4.79 Å². The Balaban J connectivity index is 1.60. The van der Waals surface area contributed by atoms with Gasteiger partial charge in [0.25, 0.3) is 5.91 Å². The van der Waals surface area contributed by atoms with Gasteiger partial charge in [-0.1, -0.05) is 25.7 Å². The lowest BCUT2D eigenvalue weighted by molar-refractivity contribution is 0.0853. The molecule has 2 fully saturated rings. The van der Waals surface area contributed by atoms with Crippen LogP contribution in [0.15, 0.2) is 6.07 Å². The third-order valence-electron chi connectivity index (χ3n) is 4.79. The van der Waals surface area contributed by atoms with E-state index in [1.165, 1.54) is 38.5 Å². The SMILES string of the molecule is Cc1nc(NC2CCCCCC2)cc(C(=O)NCC2CCCO2)n1. The number of ether oxygens (including phenoxy) is 1. The zero-order valence-corrected chi connectivity index (χ0v) is 14.5. The minimum absolute atomic E-state index is 0.139. The maximum atomic E-state index is 12.4. The van der Waals surface area contributed by atoms with Crippen LogP contribution in [0.5, 0.6) is 0 Å². The molecule has 1 saturated heterocycles. The van der Waals surface area contributed by atoms with Crippen molar-refractivity contribution in [2.45, 2.75) is 70.4 Å². The number of anilines is 1. The predicted octanol–water partition coefficient (Wildman–Crippen LogP) is 2.83. The highest BCUT2D eigenvalue weighted by Gasteiger charge is 2.18. The summed E-state index contributed by atoms with van der Waals surface area (Å²) >= 11 is 0. The monoisotopic (exact) mass is 332 g/mol. The van der Waals surface area contributed by atoms with Crippen LogP contribution in [0, 0.1) is 6.92 Å². The highest BCUT2D eigenvalue weighted by atomic mass is 16.5. The average molecular weight is 332 g/mol. The highest BCUT2D eigenvalue weighted by molar-refractivity contribution is 5.92. The molecule has 0 bridgehead atoms. The quantitative estimate of drug-likeness (QED) is 0.811. The molecule has 0 aromatic carbocycles.